The van der Waals surface area contributed by atoms with Crippen molar-refractivity contribution in [3.63, 3.8) is 0 Å². The number of nitrogens with zero attached hydrogens (tertiary/aromatic N) is 2. The molecule has 0 unspecified atom stereocenters. The number of amides is 1. The summed E-state index contributed by atoms with van der Waals surface area (Å²) in [6.07, 6.45) is 5.99. The molecular formula is C20H27N3O3. The number of aliphatic hydroxyl groups is 1. The number of benzene rings is 1. The minimum atomic E-state index is -0.714. The van der Waals surface area contributed by atoms with Gasteiger partial charge in [-0.05, 0) is 57.2 Å². The standard InChI is InChI=1S/C20H27N3O3/c1-20(2,25)11-10-14-6-5-9-16(12-14)18(24)21-13-17-22-19(26-23-17)15-7-3-4-8-15/h5-6,9,12,15,25H,3-4,7-8,10-11,13H2,1-2H3,(H,21,24). The van der Waals surface area contributed by atoms with Gasteiger partial charge in [0.15, 0.2) is 5.82 Å². The average Bonchev–Trinajstić information content (AvgIpc) is 3.28. The maximum absolute atomic E-state index is 12.4. The highest BCUT2D eigenvalue weighted by Crippen LogP contribution is 2.32. The smallest absolute Gasteiger partial charge is 0.251 e. The van der Waals surface area contributed by atoms with E-state index in [1.807, 2.05) is 18.2 Å². The molecule has 1 amide bonds. The molecule has 0 radical (unpaired) electrons. The maximum Gasteiger partial charge on any atom is 0.251 e. The summed E-state index contributed by atoms with van der Waals surface area (Å²) in [6.45, 7) is 3.82. The predicted octanol–water partition coefficient (Wildman–Crippen LogP) is 3.36. The molecule has 0 bridgehead atoms. The van der Waals surface area contributed by atoms with Gasteiger partial charge in [0.2, 0.25) is 5.89 Å². The van der Waals surface area contributed by atoms with E-state index in [2.05, 4.69) is 15.5 Å². The molecule has 0 atom stereocenters. The largest absolute Gasteiger partial charge is 0.390 e. The van der Waals surface area contributed by atoms with Gasteiger partial charge in [-0.2, -0.15) is 4.98 Å². The van der Waals surface area contributed by atoms with E-state index in [-0.39, 0.29) is 12.5 Å². The first-order chi connectivity index (χ1) is 12.4. The van der Waals surface area contributed by atoms with Gasteiger partial charge in [-0.25, -0.2) is 0 Å². The highest BCUT2D eigenvalue weighted by molar-refractivity contribution is 5.94. The third-order valence-electron chi connectivity index (χ3n) is 4.81. The van der Waals surface area contributed by atoms with Crippen molar-refractivity contribution < 1.29 is 14.4 Å². The van der Waals surface area contributed by atoms with Crippen LogP contribution in [0.1, 0.15) is 79.5 Å². The van der Waals surface area contributed by atoms with Crippen molar-refractivity contribution in [2.45, 2.75) is 70.4 Å². The van der Waals surface area contributed by atoms with Gasteiger partial charge < -0.3 is 14.9 Å². The molecule has 26 heavy (non-hydrogen) atoms. The van der Waals surface area contributed by atoms with Crippen LogP contribution in [0, 0.1) is 0 Å². The molecule has 2 N–H and O–H groups in total. The second-order valence-corrected chi connectivity index (χ2v) is 7.73. The van der Waals surface area contributed by atoms with Gasteiger partial charge in [-0.1, -0.05) is 30.1 Å². The molecule has 0 spiro atoms. The van der Waals surface area contributed by atoms with Crippen LogP contribution in [-0.4, -0.2) is 26.8 Å². The summed E-state index contributed by atoms with van der Waals surface area (Å²) in [5.41, 5.74) is 0.911. The summed E-state index contributed by atoms with van der Waals surface area (Å²) in [7, 11) is 0. The van der Waals surface area contributed by atoms with Crippen LogP contribution in [0.25, 0.3) is 0 Å². The maximum atomic E-state index is 12.4. The van der Waals surface area contributed by atoms with Gasteiger partial charge >= 0.3 is 0 Å². The fourth-order valence-corrected chi connectivity index (χ4v) is 3.26. The molecule has 6 nitrogen and oxygen atoms in total. The third-order valence-corrected chi connectivity index (χ3v) is 4.81. The molecule has 1 aliphatic rings. The van der Waals surface area contributed by atoms with Crippen molar-refractivity contribution >= 4 is 5.91 Å². The molecule has 1 aromatic carbocycles. The van der Waals surface area contributed by atoms with Gasteiger partial charge in [0, 0.05) is 11.5 Å². The van der Waals surface area contributed by atoms with E-state index in [1.165, 1.54) is 12.8 Å². The highest BCUT2D eigenvalue weighted by atomic mass is 16.5. The first-order valence-corrected chi connectivity index (χ1v) is 9.33. The number of hydrogen-bond donors (Lipinski definition) is 2. The number of rotatable bonds is 7. The summed E-state index contributed by atoms with van der Waals surface area (Å²) < 4.78 is 5.33. The summed E-state index contributed by atoms with van der Waals surface area (Å²) in [5.74, 6) is 1.42. The zero-order valence-electron chi connectivity index (χ0n) is 15.5. The van der Waals surface area contributed by atoms with E-state index in [1.54, 1.807) is 19.9 Å². The lowest BCUT2D eigenvalue weighted by Crippen LogP contribution is -2.23. The number of carbonyl (C=O) groups is 1. The predicted molar refractivity (Wildman–Crippen MR) is 97.7 cm³/mol. The molecule has 1 saturated carbocycles. The monoisotopic (exact) mass is 357 g/mol. The number of aryl methyl sites for hydroxylation is 1. The third kappa shape index (κ3) is 5.14. The SMILES string of the molecule is CC(C)(O)CCc1cccc(C(=O)NCc2noc(C3CCCC3)n2)c1. The molecule has 1 heterocycles. The Hall–Kier alpha value is -2.21. The number of aromatic nitrogens is 2. The number of hydrogen-bond acceptors (Lipinski definition) is 5. The molecular weight excluding hydrogens is 330 g/mol. The van der Waals surface area contributed by atoms with Crippen LogP contribution >= 0.6 is 0 Å². The van der Waals surface area contributed by atoms with Crippen LogP contribution in [0.5, 0.6) is 0 Å². The lowest BCUT2D eigenvalue weighted by atomic mass is 9.98. The zero-order chi connectivity index (χ0) is 18.6. The lowest BCUT2D eigenvalue weighted by molar-refractivity contribution is 0.0714. The van der Waals surface area contributed by atoms with E-state index < -0.39 is 5.60 Å². The summed E-state index contributed by atoms with van der Waals surface area (Å²) in [5, 5.41) is 16.7. The van der Waals surface area contributed by atoms with Crippen LogP contribution in [0.4, 0.5) is 0 Å². The molecule has 2 aromatic rings. The Bertz CT molecular complexity index is 743. The molecule has 1 aliphatic carbocycles. The minimum Gasteiger partial charge on any atom is -0.390 e. The topological polar surface area (TPSA) is 88.2 Å². The zero-order valence-corrected chi connectivity index (χ0v) is 15.5. The Balaban J connectivity index is 1.54. The van der Waals surface area contributed by atoms with E-state index in [9.17, 15) is 9.90 Å². The molecule has 0 aliphatic heterocycles. The van der Waals surface area contributed by atoms with Crippen LogP contribution in [0.3, 0.4) is 0 Å². The van der Waals surface area contributed by atoms with Crippen LogP contribution < -0.4 is 5.32 Å². The van der Waals surface area contributed by atoms with Crippen molar-refractivity contribution in [3.05, 3.63) is 47.1 Å². The second-order valence-electron chi connectivity index (χ2n) is 7.73. The Morgan fingerprint density at radius 3 is 2.85 bits per heavy atom. The summed E-state index contributed by atoms with van der Waals surface area (Å²) >= 11 is 0. The number of carbonyl (C=O) groups excluding carboxylic acids is 1. The van der Waals surface area contributed by atoms with Crippen LogP contribution in [0.2, 0.25) is 0 Å². The first kappa shape index (κ1) is 18.6. The van der Waals surface area contributed by atoms with Gasteiger partial charge in [0.05, 0.1) is 12.1 Å². The van der Waals surface area contributed by atoms with Crippen molar-refractivity contribution in [2.75, 3.05) is 0 Å². The average molecular weight is 357 g/mol. The van der Waals surface area contributed by atoms with Gasteiger partial charge in [-0.15, -0.1) is 0 Å². The molecule has 1 fully saturated rings. The van der Waals surface area contributed by atoms with Crippen molar-refractivity contribution in [2.24, 2.45) is 0 Å². The van der Waals surface area contributed by atoms with Crippen LogP contribution in [0.15, 0.2) is 28.8 Å². The van der Waals surface area contributed by atoms with E-state index >= 15 is 0 Å². The van der Waals surface area contributed by atoms with E-state index in [4.69, 9.17) is 4.52 Å². The Labute approximate surface area is 154 Å². The molecule has 1 aromatic heterocycles. The van der Waals surface area contributed by atoms with Crippen molar-refractivity contribution in [1.29, 1.82) is 0 Å². The lowest BCUT2D eigenvalue weighted by Gasteiger charge is -2.16. The molecule has 0 saturated heterocycles. The summed E-state index contributed by atoms with van der Waals surface area (Å²) in [6, 6.07) is 7.47. The van der Waals surface area contributed by atoms with Crippen LogP contribution in [-0.2, 0) is 13.0 Å². The van der Waals surface area contributed by atoms with E-state index in [0.717, 1.165) is 24.8 Å². The van der Waals surface area contributed by atoms with Crippen molar-refractivity contribution in [3.8, 4) is 0 Å². The van der Waals surface area contributed by atoms with E-state index in [0.29, 0.717) is 29.6 Å². The first-order valence-electron chi connectivity index (χ1n) is 9.33. The second kappa shape index (κ2) is 7.99. The Kier molecular flexibility index (Phi) is 5.71. The molecule has 6 heteroatoms. The Morgan fingerprint density at radius 2 is 2.12 bits per heavy atom. The Morgan fingerprint density at radius 1 is 1.35 bits per heavy atom. The quantitative estimate of drug-likeness (QED) is 0.793. The fourth-order valence-electron chi connectivity index (χ4n) is 3.26. The molecule has 3 rings (SSSR count). The minimum absolute atomic E-state index is 0.165. The van der Waals surface area contributed by atoms with Gasteiger partial charge in [0.25, 0.3) is 5.91 Å². The van der Waals surface area contributed by atoms with Gasteiger partial charge in [-0.3, -0.25) is 4.79 Å². The van der Waals surface area contributed by atoms with Gasteiger partial charge in [0.1, 0.15) is 0 Å². The fraction of sp³-hybridized carbons (Fsp3) is 0.550. The number of nitrogens with one attached hydrogen (secondary N) is 1. The normalized spacial score (nSPS) is 15.3. The van der Waals surface area contributed by atoms with Crippen molar-refractivity contribution in [1.82, 2.24) is 15.5 Å². The summed E-state index contributed by atoms with van der Waals surface area (Å²) in [4.78, 5) is 16.8. The molecule has 140 valence electrons. The highest BCUT2D eigenvalue weighted by Gasteiger charge is 2.23.